The molecule has 4 nitrogen and oxygen atoms in total. The highest BCUT2D eigenvalue weighted by atomic mass is 15.2. The van der Waals surface area contributed by atoms with Gasteiger partial charge in [-0.2, -0.15) is 10.5 Å². The third-order valence-corrected chi connectivity index (χ3v) is 9.84. The van der Waals surface area contributed by atoms with Gasteiger partial charge in [0.05, 0.1) is 40.0 Å². The average molecular weight is 613 g/mol. The lowest BCUT2D eigenvalue weighted by Crippen LogP contribution is -2.28. The van der Waals surface area contributed by atoms with Crippen molar-refractivity contribution in [3.8, 4) is 40.1 Å². The lowest BCUT2D eigenvalue weighted by atomic mass is 9.89. The molecular weight excluding hydrogens is 585 g/mol. The molecule has 0 N–H and O–H groups in total. The lowest BCUT2D eigenvalue weighted by molar-refractivity contribution is 0.744. The molecule has 0 saturated carbocycles. The molecule has 2 aliphatic rings. The molecule has 1 aliphatic heterocycles. The predicted octanol–water partition coefficient (Wildman–Crippen LogP) is 10.6. The van der Waals surface area contributed by atoms with Gasteiger partial charge in [-0.15, -0.1) is 0 Å². The maximum absolute atomic E-state index is 10.8. The van der Waals surface area contributed by atoms with Crippen LogP contribution in [0.2, 0.25) is 0 Å². The van der Waals surface area contributed by atoms with Crippen molar-refractivity contribution in [1.29, 1.82) is 10.5 Å². The fraction of sp³-hybridized carbons (Fsp3) is 0.0455. The van der Waals surface area contributed by atoms with Crippen molar-refractivity contribution in [2.75, 3.05) is 4.90 Å². The second-order valence-corrected chi connectivity index (χ2v) is 12.3. The average Bonchev–Trinajstić information content (AvgIpc) is 3.67. The SMILES string of the molecule is N#Cc1cc(N2c3ccccc3C3C=CC=CC32)ccc1-c1cccc(-c2ccccc2-n2c3ccccc3c3ccccc32)c1C#N. The van der Waals surface area contributed by atoms with E-state index in [1.54, 1.807) is 0 Å². The maximum atomic E-state index is 10.8. The van der Waals surface area contributed by atoms with E-state index in [0.29, 0.717) is 11.1 Å². The van der Waals surface area contributed by atoms with Gasteiger partial charge in [-0.05, 0) is 42.0 Å². The van der Waals surface area contributed by atoms with E-state index in [-0.39, 0.29) is 12.0 Å². The number of anilines is 2. The van der Waals surface area contributed by atoms with Crippen molar-refractivity contribution in [3.05, 3.63) is 174 Å². The van der Waals surface area contributed by atoms with Crippen LogP contribution in [0, 0.1) is 22.7 Å². The normalized spacial score (nSPS) is 16.1. The summed E-state index contributed by atoms with van der Waals surface area (Å²) >= 11 is 0. The fourth-order valence-electron chi connectivity index (χ4n) is 7.80. The molecule has 1 aromatic heterocycles. The summed E-state index contributed by atoms with van der Waals surface area (Å²) in [6.07, 6.45) is 8.70. The molecule has 7 aromatic rings. The number of fused-ring (bicyclic) bond motifs is 6. The Kier molecular flexibility index (Phi) is 6.35. The number of benzene rings is 6. The first-order chi connectivity index (χ1) is 23.8. The zero-order chi connectivity index (χ0) is 32.2. The highest BCUT2D eigenvalue weighted by Crippen LogP contribution is 2.48. The zero-order valence-electron chi connectivity index (χ0n) is 26.0. The molecule has 2 heterocycles. The van der Waals surface area contributed by atoms with Crippen molar-refractivity contribution in [1.82, 2.24) is 4.57 Å². The quantitative estimate of drug-likeness (QED) is 0.199. The van der Waals surface area contributed by atoms with Crippen LogP contribution in [0.4, 0.5) is 11.4 Å². The van der Waals surface area contributed by atoms with E-state index in [2.05, 4.69) is 137 Å². The van der Waals surface area contributed by atoms with Crippen LogP contribution in [-0.4, -0.2) is 10.6 Å². The smallest absolute Gasteiger partial charge is 0.100 e. The molecule has 1 aliphatic carbocycles. The van der Waals surface area contributed by atoms with Crippen LogP contribution in [0.1, 0.15) is 22.6 Å². The molecule has 0 fully saturated rings. The van der Waals surface area contributed by atoms with Crippen LogP contribution >= 0.6 is 0 Å². The second-order valence-electron chi connectivity index (χ2n) is 12.3. The van der Waals surface area contributed by atoms with E-state index in [4.69, 9.17) is 0 Å². The van der Waals surface area contributed by atoms with Crippen LogP contribution in [-0.2, 0) is 0 Å². The molecule has 0 spiro atoms. The van der Waals surface area contributed by atoms with Crippen LogP contribution < -0.4 is 4.90 Å². The molecule has 9 rings (SSSR count). The Morgan fingerprint density at radius 1 is 0.521 bits per heavy atom. The number of allylic oxidation sites excluding steroid dienone is 2. The number of nitriles is 2. The summed E-state index contributed by atoms with van der Waals surface area (Å²) in [7, 11) is 0. The van der Waals surface area contributed by atoms with Gasteiger partial charge >= 0.3 is 0 Å². The Hall–Kier alpha value is -6.62. The molecular formula is C44H28N4. The molecule has 0 amide bonds. The predicted molar refractivity (Wildman–Crippen MR) is 194 cm³/mol. The summed E-state index contributed by atoms with van der Waals surface area (Å²) in [5, 5.41) is 23.6. The largest absolute Gasteiger partial charge is 0.333 e. The van der Waals surface area contributed by atoms with Gasteiger partial charge in [-0.3, -0.25) is 0 Å². The Morgan fingerprint density at radius 3 is 1.90 bits per heavy atom. The summed E-state index contributed by atoms with van der Waals surface area (Å²) < 4.78 is 2.29. The third-order valence-electron chi connectivity index (χ3n) is 9.84. The van der Waals surface area contributed by atoms with Gasteiger partial charge in [-0.1, -0.05) is 121 Å². The summed E-state index contributed by atoms with van der Waals surface area (Å²) in [6, 6.07) is 50.8. The van der Waals surface area contributed by atoms with Gasteiger partial charge in [-0.25, -0.2) is 0 Å². The number of nitrogens with zero attached hydrogens (tertiary/aromatic N) is 4. The Labute approximate surface area is 279 Å². The number of aromatic nitrogens is 1. The number of hydrogen-bond donors (Lipinski definition) is 0. The minimum Gasteiger partial charge on any atom is -0.333 e. The van der Waals surface area contributed by atoms with Crippen molar-refractivity contribution in [2.24, 2.45) is 0 Å². The van der Waals surface area contributed by atoms with Crippen LogP contribution in [0.25, 0.3) is 49.7 Å². The summed E-state index contributed by atoms with van der Waals surface area (Å²) in [5.74, 6) is 0.257. The van der Waals surface area contributed by atoms with Gasteiger partial charge in [0, 0.05) is 50.3 Å². The van der Waals surface area contributed by atoms with Gasteiger partial charge in [0.2, 0.25) is 0 Å². The standard InChI is InChI=1S/C44H28N4/c45-27-29-26-30(47-40-19-6-2-13-35(40)36-14-3-7-20-41(36)47)24-25-31(29)32-17-11-18-33(39(32)28-46)34-12-1-8-21-42(34)48-43-22-9-4-15-37(43)38-16-5-10-23-44(38)48/h1-26,35,40H. The van der Waals surface area contributed by atoms with E-state index >= 15 is 0 Å². The molecule has 0 radical (unpaired) electrons. The first-order valence-corrected chi connectivity index (χ1v) is 16.2. The van der Waals surface area contributed by atoms with Crippen molar-refractivity contribution < 1.29 is 0 Å². The van der Waals surface area contributed by atoms with Crippen molar-refractivity contribution >= 4 is 33.2 Å². The number of rotatable bonds is 4. The first-order valence-electron chi connectivity index (χ1n) is 16.2. The fourth-order valence-corrected chi connectivity index (χ4v) is 7.80. The van der Waals surface area contributed by atoms with Crippen LogP contribution in [0.3, 0.4) is 0 Å². The highest BCUT2D eigenvalue weighted by molar-refractivity contribution is 6.09. The topological polar surface area (TPSA) is 55.8 Å². The third kappa shape index (κ3) is 4.07. The summed E-state index contributed by atoms with van der Waals surface area (Å²) in [6.45, 7) is 0. The van der Waals surface area contributed by atoms with E-state index < -0.39 is 0 Å². The van der Waals surface area contributed by atoms with Crippen molar-refractivity contribution in [3.63, 3.8) is 0 Å². The molecule has 0 bridgehead atoms. The van der Waals surface area contributed by atoms with Gasteiger partial charge in [0.25, 0.3) is 0 Å². The molecule has 4 heteroatoms. The van der Waals surface area contributed by atoms with Gasteiger partial charge in [0.15, 0.2) is 0 Å². The van der Waals surface area contributed by atoms with Crippen molar-refractivity contribution in [2.45, 2.75) is 12.0 Å². The molecule has 48 heavy (non-hydrogen) atoms. The maximum Gasteiger partial charge on any atom is 0.100 e. The Morgan fingerprint density at radius 2 is 1.15 bits per heavy atom. The first kappa shape index (κ1) is 27.7. The lowest BCUT2D eigenvalue weighted by Gasteiger charge is -2.29. The van der Waals surface area contributed by atoms with E-state index in [1.165, 1.54) is 16.3 Å². The molecule has 6 aromatic carbocycles. The molecule has 224 valence electrons. The zero-order valence-corrected chi connectivity index (χ0v) is 26.0. The Bertz CT molecular complexity index is 2520. The number of para-hydroxylation sites is 4. The van der Waals surface area contributed by atoms with Gasteiger partial charge in [0.1, 0.15) is 6.07 Å². The van der Waals surface area contributed by atoms with E-state index in [1.807, 2.05) is 42.5 Å². The second kappa shape index (κ2) is 11.0. The van der Waals surface area contributed by atoms with Gasteiger partial charge < -0.3 is 9.47 Å². The Balaban J connectivity index is 1.20. The monoisotopic (exact) mass is 612 g/mol. The number of hydrogen-bond acceptors (Lipinski definition) is 3. The molecule has 2 atom stereocenters. The highest BCUT2D eigenvalue weighted by Gasteiger charge is 2.37. The minimum atomic E-state index is 0.139. The molecule has 0 saturated heterocycles. The van der Waals surface area contributed by atoms with E-state index in [0.717, 1.165) is 50.3 Å². The van der Waals surface area contributed by atoms with E-state index in [9.17, 15) is 10.5 Å². The summed E-state index contributed by atoms with van der Waals surface area (Å²) in [5.41, 5.74) is 11.0. The summed E-state index contributed by atoms with van der Waals surface area (Å²) in [4.78, 5) is 2.33. The molecule has 2 unspecified atom stereocenters. The minimum absolute atomic E-state index is 0.139. The van der Waals surface area contributed by atoms with Crippen LogP contribution in [0.15, 0.2) is 158 Å². The van der Waals surface area contributed by atoms with Crippen LogP contribution in [0.5, 0.6) is 0 Å².